The number of aryl methyl sites for hydroxylation is 1. The van der Waals surface area contributed by atoms with Gasteiger partial charge < -0.3 is 10.1 Å². The van der Waals surface area contributed by atoms with Crippen molar-refractivity contribution < 1.29 is 9.53 Å². The standard InChI is InChI=1S/C20H31NO2/c1-12-10-18(23-7)14(3)17-11-15(8-9-16(12)17)13(2)19(22)21-20(4,5)6/h10,13,15H,8-9,11H2,1-7H3,(H,21,22)/t13-,15?/m0/s1. The lowest BCUT2D eigenvalue weighted by atomic mass is 9.74. The van der Waals surface area contributed by atoms with Gasteiger partial charge in [-0.3, -0.25) is 4.79 Å². The van der Waals surface area contributed by atoms with E-state index in [9.17, 15) is 4.79 Å². The summed E-state index contributed by atoms with van der Waals surface area (Å²) < 4.78 is 5.52. The number of fused-ring (bicyclic) bond motifs is 1. The molecule has 2 rings (SSSR count). The molecule has 0 aliphatic heterocycles. The molecule has 0 aromatic heterocycles. The van der Waals surface area contributed by atoms with E-state index >= 15 is 0 Å². The zero-order chi connectivity index (χ0) is 17.4. The second-order valence-electron chi connectivity index (χ2n) is 8.01. The van der Waals surface area contributed by atoms with Gasteiger partial charge >= 0.3 is 0 Å². The van der Waals surface area contributed by atoms with Crippen molar-refractivity contribution in [1.29, 1.82) is 0 Å². The van der Waals surface area contributed by atoms with Crippen molar-refractivity contribution in [1.82, 2.24) is 5.32 Å². The summed E-state index contributed by atoms with van der Waals surface area (Å²) in [5, 5.41) is 3.13. The van der Waals surface area contributed by atoms with Gasteiger partial charge in [0.15, 0.2) is 0 Å². The highest BCUT2D eigenvalue weighted by Gasteiger charge is 2.31. The molecule has 1 N–H and O–H groups in total. The highest BCUT2D eigenvalue weighted by atomic mass is 16.5. The number of carbonyl (C=O) groups excluding carboxylic acids is 1. The summed E-state index contributed by atoms with van der Waals surface area (Å²) in [6, 6.07) is 2.14. The maximum Gasteiger partial charge on any atom is 0.223 e. The van der Waals surface area contributed by atoms with E-state index in [4.69, 9.17) is 4.74 Å². The lowest BCUT2D eigenvalue weighted by Crippen LogP contribution is -2.45. The number of hydrogen-bond acceptors (Lipinski definition) is 2. The highest BCUT2D eigenvalue weighted by Crippen LogP contribution is 2.37. The topological polar surface area (TPSA) is 38.3 Å². The molecule has 0 saturated carbocycles. The van der Waals surface area contributed by atoms with Gasteiger partial charge in [-0.25, -0.2) is 0 Å². The maximum absolute atomic E-state index is 12.5. The predicted octanol–water partition coefficient (Wildman–Crippen LogP) is 3.97. The first-order chi connectivity index (χ1) is 10.6. The van der Waals surface area contributed by atoms with Gasteiger partial charge in [0.05, 0.1) is 7.11 Å². The highest BCUT2D eigenvalue weighted by molar-refractivity contribution is 5.79. The van der Waals surface area contributed by atoms with E-state index in [0.29, 0.717) is 5.92 Å². The van der Waals surface area contributed by atoms with E-state index in [1.165, 1.54) is 22.3 Å². The quantitative estimate of drug-likeness (QED) is 0.916. The maximum atomic E-state index is 12.5. The second-order valence-corrected chi connectivity index (χ2v) is 8.01. The Morgan fingerprint density at radius 1 is 1.30 bits per heavy atom. The van der Waals surface area contributed by atoms with Crippen molar-refractivity contribution in [2.45, 2.75) is 66.3 Å². The second kappa shape index (κ2) is 6.54. The molecular weight excluding hydrogens is 286 g/mol. The smallest absolute Gasteiger partial charge is 0.223 e. The van der Waals surface area contributed by atoms with Crippen molar-refractivity contribution in [2.24, 2.45) is 11.8 Å². The van der Waals surface area contributed by atoms with Gasteiger partial charge in [0.1, 0.15) is 5.75 Å². The van der Waals surface area contributed by atoms with E-state index in [1.54, 1.807) is 7.11 Å². The summed E-state index contributed by atoms with van der Waals surface area (Å²) in [7, 11) is 1.73. The number of amides is 1. The van der Waals surface area contributed by atoms with E-state index in [0.717, 1.165) is 25.0 Å². The fourth-order valence-electron chi connectivity index (χ4n) is 3.66. The van der Waals surface area contributed by atoms with Crippen molar-refractivity contribution in [3.63, 3.8) is 0 Å². The minimum absolute atomic E-state index is 0.0354. The van der Waals surface area contributed by atoms with Crippen LogP contribution in [-0.4, -0.2) is 18.6 Å². The molecule has 1 aromatic carbocycles. The molecule has 0 spiro atoms. The molecule has 23 heavy (non-hydrogen) atoms. The van der Waals surface area contributed by atoms with E-state index < -0.39 is 0 Å². The molecule has 1 aromatic rings. The summed E-state index contributed by atoms with van der Waals surface area (Å²) in [5.74, 6) is 1.57. The molecule has 0 heterocycles. The van der Waals surface area contributed by atoms with Crippen LogP contribution in [0.5, 0.6) is 5.75 Å². The first-order valence-electron chi connectivity index (χ1n) is 8.62. The van der Waals surface area contributed by atoms with Crippen molar-refractivity contribution in [3.8, 4) is 5.75 Å². The molecule has 3 heteroatoms. The SMILES string of the molecule is COc1cc(C)c2c(c1C)CC([C@H](C)C(=O)NC(C)(C)C)CC2. The fourth-order valence-corrected chi connectivity index (χ4v) is 3.66. The van der Waals surface area contributed by atoms with Crippen molar-refractivity contribution in [3.05, 3.63) is 28.3 Å². The Hall–Kier alpha value is -1.51. The average Bonchev–Trinajstić information content (AvgIpc) is 2.47. The number of rotatable bonds is 3. The van der Waals surface area contributed by atoms with Crippen LogP contribution in [0.25, 0.3) is 0 Å². The van der Waals surface area contributed by atoms with Gasteiger partial charge in [-0.2, -0.15) is 0 Å². The summed E-state index contributed by atoms with van der Waals surface area (Å²) >= 11 is 0. The number of carbonyl (C=O) groups is 1. The van der Waals surface area contributed by atoms with Gasteiger partial charge in [0, 0.05) is 11.5 Å². The first kappa shape index (κ1) is 17.8. The Balaban J connectivity index is 2.23. The van der Waals surface area contributed by atoms with Gasteiger partial charge in [0.2, 0.25) is 5.91 Å². The van der Waals surface area contributed by atoms with Crippen LogP contribution in [0.15, 0.2) is 6.07 Å². The number of hydrogen-bond donors (Lipinski definition) is 1. The molecule has 0 fully saturated rings. The van der Waals surface area contributed by atoms with Crippen LogP contribution in [0.4, 0.5) is 0 Å². The molecule has 1 aliphatic carbocycles. The Kier molecular flexibility index (Phi) is 5.07. The normalized spacial score (nSPS) is 19.0. The number of benzene rings is 1. The molecule has 0 radical (unpaired) electrons. The summed E-state index contributed by atoms with van der Waals surface area (Å²) in [4.78, 5) is 12.5. The fraction of sp³-hybridized carbons (Fsp3) is 0.650. The van der Waals surface area contributed by atoms with Crippen LogP contribution >= 0.6 is 0 Å². The monoisotopic (exact) mass is 317 g/mol. The first-order valence-corrected chi connectivity index (χ1v) is 8.62. The zero-order valence-corrected chi connectivity index (χ0v) is 15.7. The van der Waals surface area contributed by atoms with Crippen LogP contribution in [0.3, 0.4) is 0 Å². The van der Waals surface area contributed by atoms with Crippen LogP contribution in [-0.2, 0) is 17.6 Å². The Morgan fingerprint density at radius 2 is 1.96 bits per heavy atom. The van der Waals surface area contributed by atoms with Gasteiger partial charge in [0.25, 0.3) is 0 Å². The van der Waals surface area contributed by atoms with Crippen LogP contribution in [0.2, 0.25) is 0 Å². The molecule has 3 nitrogen and oxygen atoms in total. The Labute approximate surface area is 140 Å². The van der Waals surface area contributed by atoms with Crippen LogP contribution in [0.1, 0.15) is 56.4 Å². The molecule has 2 atom stereocenters. The molecular formula is C20H31NO2. The third-order valence-electron chi connectivity index (χ3n) is 5.08. The zero-order valence-electron chi connectivity index (χ0n) is 15.7. The van der Waals surface area contributed by atoms with Crippen LogP contribution in [0, 0.1) is 25.7 Å². The Morgan fingerprint density at radius 3 is 2.52 bits per heavy atom. The minimum Gasteiger partial charge on any atom is -0.496 e. The number of nitrogens with one attached hydrogen (secondary N) is 1. The van der Waals surface area contributed by atoms with E-state index in [-0.39, 0.29) is 17.4 Å². The molecule has 0 bridgehead atoms. The Bertz CT molecular complexity index is 599. The lowest BCUT2D eigenvalue weighted by molar-refractivity contribution is -0.127. The summed E-state index contributed by atoms with van der Waals surface area (Å²) in [5.41, 5.74) is 5.23. The third kappa shape index (κ3) is 3.88. The van der Waals surface area contributed by atoms with E-state index in [1.807, 2.05) is 20.8 Å². The third-order valence-corrected chi connectivity index (χ3v) is 5.08. The molecule has 0 saturated heterocycles. The number of ether oxygens (including phenoxy) is 1. The summed E-state index contributed by atoms with van der Waals surface area (Å²) in [6.07, 6.45) is 3.11. The van der Waals surface area contributed by atoms with Gasteiger partial charge in [-0.1, -0.05) is 6.92 Å². The largest absolute Gasteiger partial charge is 0.496 e. The lowest BCUT2D eigenvalue weighted by Gasteiger charge is -2.33. The summed E-state index contributed by atoms with van der Waals surface area (Å²) in [6.45, 7) is 12.5. The average molecular weight is 317 g/mol. The molecule has 128 valence electrons. The predicted molar refractivity (Wildman–Crippen MR) is 95.0 cm³/mol. The van der Waals surface area contributed by atoms with Crippen molar-refractivity contribution in [2.75, 3.05) is 7.11 Å². The van der Waals surface area contributed by atoms with E-state index in [2.05, 4.69) is 32.2 Å². The molecule has 1 aliphatic rings. The van der Waals surface area contributed by atoms with Gasteiger partial charge in [-0.15, -0.1) is 0 Å². The molecule has 1 unspecified atom stereocenters. The molecule has 1 amide bonds. The van der Waals surface area contributed by atoms with Gasteiger partial charge in [-0.05, 0) is 88.1 Å². The van der Waals surface area contributed by atoms with Crippen molar-refractivity contribution >= 4 is 5.91 Å². The number of methoxy groups -OCH3 is 1. The van der Waals surface area contributed by atoms with Crippen LogP contribution < -0.4 is 10.1 Å². The minimum atomic E-state index is -0.173.